The molecule has 0 unspecified atom stereocenters. The average Bonchev–Trinajstić information content (AvgIpc) is 3.23. The standard InChI is InChI=1S/C19H18F3N3O5S/c20-19(21,22)13-5-3-12(4-6-13)17(28)24-10-16(27)30-11-15(26)25-18(29)23-8-7-14-2-1-9-31-14/h1-6,9H,7-8,10-11H2,(H,24,28)(H2,23,25,26,29). The largest absolute Gasteiger partial charge is 0.454 e. The second-order valence-corrected chi connectivity index (χ2v) is 7.08. The van der Waals surface area contributed by atoms with Gasteiger partial charge in [0.25, 0.3) is 11.8 Å². The topological polar surface area (TPSA) is 114 Å². The lowest BCUT2D eigenvalue weighted by Gasteiger charge is -2.09. The number of carbonyl (C=O) groups is 4. The van der Waals surface area contributed by atoms with E-state index in [1.54, 1.807) is 0 Å². The summed E-state index contributed by atoms with van der Waals surface area (Å²) in [7, 11) is 0. The summed E-state index contributed by atoms with van der Waals surface area (Å²) in [6.07, 6.45) is -3.92. The van der Waals surface area contributed by atoms with Gasteiger partial charge in [-0.25, -0.2) is 4.79 Å². The fraction of sp³-hybridized carbons (Fsp3) is 0.263. The third-order valence-corrected chi connectivity index (χ3v) is 4.66. The van der Waals surface area contributed by atoms with E-state index in [0.29, 0.717) is 13.0 Å². The molecule has 0 aliphatic rings. The van der Waals surface area contributed by atoms with E-state index >= 15 is 0 Å². The monoisotopic (exact) mass is 457 g/mol. The normalized spacial score (nSPS) is 10.8. The van der Waals surface area contributed by atoms with E-state index < -0.39 is 48.7 Å². The zero-order valence-electron chi connectivity index (χ0n) is 16.0. The third kappa shape index (κ3) is 8.46. The first-order chi connectivity index (χ1) is 14.6. The molecule has 2 rings (SSSR count). The van der Waals surface area contributed by atoms with Crippen molar-refractivity contribution in [3.8, 4) is 0 Å². The van der Waals surface area contributed by atoms with E-state index in [1.807, 2.05) is 22.8 Å². The van der Waals surface area contributed by atoms with Gasteiger partial charge in [-0.05, 0) is 42.1 Å². The number of benzene rings is 1. The van der Waals surface area contributed by atoms with Crippen LogP contribution in [0.15, 0.2) is 41.8 Å². The van der Waals surface area contributed by atoms with Gasteiger partial charge in [-0.15, -0.1) is 11.3 Å². The summed E-state index contributed by atoms with van der Waals surface area (Å²) < 4.78 is 42.1. The molecule has 1 heterocycles. The van der Waals surface area contributed by atoms with Crippen molar-refractivity contribution in [3.05, 3.63) is 57.8 Å². The van der Waals surface area contributed by atoms with Crippen molar-refractivity contribution in [2.45, 2.75) is 12.6 Å². The maximum atomic E-state index is 12.5. The number of thiophene rings is 1. The van der Waals surface area contributed by atoms with Gasteiger partial charge in [0.2, 0.25) is 0 Å². The van der Waals surface area contributed by atoms with Crippen molar-refractivity contribution < 1.29 is 37.1 Å². The van der Waals surface area contributed by atoms with E-state index in [1.165, 1.54) is 11.3 Å². The minimum atomic E-state index is -4.53. The highest BCUT2D eigenvalue weighted by Gasteiger charge is 2.30. The number of rotatable bonds is 8. The summed E-state index contributed by atoms with van der Waals surface area (Å²) in [6, 6.07) is 6.46. The molecular formula is C19H18F3N3O5S. The van der Waals surface area contributed by atoms with Crippen molar-refractivity contribution >= 4 is 35.2 Å². The van der Waals surface area contributed by atoms with Crippen molar-refractivity contribution in [2.75, 3.05) is 19.7 Å². The van der Waals surface area contributed by atoms with Crippen molar-refractivity contribution in [3.63, 3.8) is 0 Å². The Kier molecular flexibility index (Phi) is 8.55. The molecule has 0 aliphatic carbocycles. The molecule has 0 aliphatic heterocycles. The van der Waals surface area contributed by atoms with Gasteiger partial charge >= 0.3 is 18.2 Å². The molecule has 0 spiro atoms. The summed E-state index contributed by atoms with van der Waals surface area (Å²) in [6.45, 7) is -1.04. The zero-order chi connectivity index (χ0) is 22.9. The van der Waals surface area contributed by atoms with Gasteiger partial charge in [0.05, 0.1) is 5.56 Å². The molecule has 31 heavy (non-hydrogen) atoms. The van der Waals surface area contributed by atoms with E-state index in [0.717, 1.165) is 29.1 Å². The molecule has 8 nitrogen and oxygen atoms in total. The highest BCUT2D eigenvalue weighted by molar-refractivity contribution is 7.09. The van der Waals surface area contributed by atoms with E-state index in [9.17, 15) is 32.3 Å². The Bertz CT molecular complexity index is 915. The van der Waals surface area contributed by atoms with Crippen LogP contribution in [0.4, 0.5) is 18.0 Å². The van der Waals surface area contributed by atoms with Crippen LogP contribution in [-0.4, -0.2) is 43.5 Å². The smallest absolute Gasteiger partial charge is 0.416 e. The molecular weight excluding hydrogens is 439 g/mol. The second kappa shape index (κ2) is 11.1. The Labute approximate surface area is 178 Å². The Morgan fingerprint density at radius 1 is 1.00 bits per heavy atom. The molecule has 4 amide bonds. The van der Waals surface area contributed by atoms with Crippen LogP contribution in [0.2, 0.25) is 0 Å². The first-order valence-electron chi connectivity index (χ1n) is 8.86. The molecule has 1 aromatic carbocycles. The Balaban J connectivity index is 1.63. The molecule has 2 aromatic rings. The molecule has 0 atom stereocenters. The minimum Gasteiger partial charge on any atom is -0.454 e. The number of hydrogen-bond donors (Lipinski definition) is 3. The summed E-state index contributed by atoms with van der Waals surface area (Å²) in [5.74, 6) is -2.62. The van der Waals surface area contributed by atoms with Gasteiger partial charge in [-0.1, -0.05) is 6.07 Å². The van der Waals surface area contributed by atoms with Gasteiger partial charge in [0, 0.05) is 17.0 Å². The van der Waals surface area contributed by atoms with Crippen molar-refractivity contribution in [2.24, 2.45) is 0 Å². The van der Waals surface area contributed by atoms with Crippen LogP contribution in [-0.2, 0) is 26.9 Å². The Morgan fingerprint density at radius 2 is 1.71 bits per heavy atom. The van der Waals surface area contributed by atoms with Crippen LogP contribution in [0, 0.1) is 0 Å². The number of imide groups is 1. The average molecular weight is 457 g/mol. The maximum Gasteiger partial charge on any atom is 0.416 e. The van der Waals surface area contributed by atoms with E-state index in [4.69, 9.17) is 0 Å². The molecule has 0 saturated heterocycles. The molecule has 0 radical (unpaired) electrons. The number of alkyl halides is 3. The highest BCUT2D eigenvalue weighted by atomic mass is 32.1. The van der Waals surface area contributed by atoms with Crippen LogP contribution >= 0.6 is 11.3 Å². The van der Waals surface area contributed by atoms with Crippen molar-refractivity contribution in [1.82, 2.24) is 16.0 Å². The Hall–Kier alpha value is -3.41. The summed E-state index contributed by atoms with van der Waals surface area (Å²) in [5.41, 5.74) is -0.997. The number of carbonyl (C=O) groups excluding carboxylic acids is 4. The molecule has 0 fully saturated rings. The number of ether oxygens (including phenoxy) is 1. The molecule has 0 bridgehead atoms. The Morgan fingerprint density at radius 3 is 2.32 bits per heavy atom. The number of halogens is 3. The van der Waals surface area contributed by atoms with Crippen LogP contribution in [0.3, 0.4) is 0 Å². The van der Waals surface area contributed by atoms with Gasteiger partial charge < -0.3 is 15.4 Å². The summed E-state index contributed by atoms with van der Waals surface area (Å²) in [4.78, 5) is 47.7. The highest BCUT2D eigenvalue weighted by Crippen LogP contribution is 2.29. The fourth-order valence-corrected chi connectivity index (χ4v) is 2.93. The van der Waals surface area contributed by atoms with Crippen LogP contribution in [0.5, 0.6) is 0 Å². The van der Waals surface area contributed by atoms with Gasteiger partial charge in [-0.3, -0.25) is 19.7 Å². The molecule has 12 heteroatoms. The lowest BCUT2D eigenvalue weighted by atomic mass is 10.1. The first-order valence-corrected chi connectivity index (χ1v) is 9.74. The summed E-state index contributed by atoms with van der Waals surface area (Å²) in [5, 5.41) is 8.52. The maximum absolute atomic E-state index is 12.5. The zero-order valence-corrected chi connectivity index (χ0v) is 16.8. The number of urea groups is 1. The molecule has 1 aromatic heterocycles. The SMILES string of the molecule is O=C(COC(=O)CNC(=O)c1ccc(C(F)(F)F)cc1)NC(=O)NCCc1cccs1. The van der Waals surface area contributed by atoms with Crippen molar-refractivity contribution in [1.29, 1.82) is 0 Å². The lowest BCUT2D eigenvalue weighted by molar-refractivity contribution is -0.147. The number of amides is 4. The van der Waals surface area contributed by atoms with Gasteiger partial charge in [0.15, 0.2) is 6.61 Å². The van der Waals surface area contributed by atoms with Gasteiger partial charge in [-0.2, -0.15) is 13.2 Å². The van der Waals surface area contributed by atoms with E-state index in [-0.39, 0.29) is 5.56 Å². The van der Waals surface area contributed by atoms with Crippen LogP contribution < -0.4 is 16.0 Å². The fourth-order valence-electron chi connectivity index (χ4n) is 2.22. The number of esters is 1. The quantitative estimate of drug-likeness (QED) is 0.526. The molecule has 0 saturated carbocycles. The number of hydrogen-bond acceptors (Lipinski definition) is 6. The third-order valence-electron chi connectivity index (χ3n) is 3.72. The first kappa shape index (κ1) is 23.9. The van der Waals surface area contributed by atoms with Crippen LogP contribution in [0.1, 0.15) is 20.8 Å². The van der Waals surface area contributed by atoms with E-state index in [2.05, 4.69) is 15.4 Å². The predicted octanol–water partition coefficient (Wildman–Crippen LogP) is 2.11. The predicted molar refractivity (Wildman–Crippen MR) is 104 cm³/mol. The lowest BCUT2D eigenvalue weighted by Crippen LogP contribution is -2.42. The van der Waals surface area contributed by atoms with Gasteiger partial charge in [0.1, 0.15) is 6.54 Å². The summed E-state index contributed by atoms with van der Waals surface area (Å²) >= 11 is 1.54. The van der Waals surface area contributed by atoms with Crippen LogP contribution in [0.25, 0.3) is 0 Å². The minimum absolute atomic E-state index is 0.0854. The number of nitrogens with one attached hydrogen (secondary N) is 3. The molecule has 3 N–H and O–H groups in total. The molecule has 166 valence electrons. The second-order valence-electron chi connectivity index (χ2n) is 6.05.